The van der Waals surface area contributed by atoms with E-state index in [1.807, 2.05) is 0 Å². The van der Waals surface area contributed by atoms with Crippen LogP contribution in [0.5, 0.6) is 0 Å². The zero-order chi connectivity index (χ0) is 25.4. The topological polar surface area (TPSA) is 207 Å². The van der Waals surface area contributed by atoms with Gasteiger partial charge in [0.15, 0.2) is 6.29 Å². The molecule has 6 atom stereocenters. The second-order valence-electron chi connectivity index (χ2n) is 8.32. The van der Waals surface area contributed by atoms with E-state index >= 15 is 0 Å². The number of carbonyl (C=O) groups excluding carboxylic acids is 1. The number of rotatable bonds is 21. The Morgan fingerprint density at radius 1 is 0.667 bits per heavy atom. The van der Waals surface area contributed by atoms with E-state index in [4.69, 9.17) is 0 Å². The van der Waals surface area contributed by atoms with Crippen LogP contribution in [0.4, 0.5) is 0 Å². The van der Waals surface area contributed by atoms with E-state index in [1.165, 1.54) is 0 Å². The monoisotopic (exact) mass is 478 g/mol. The molecule has 0 aliphatic rings. The van der Waals surface area contributed by atoms with Crippen LogP contribution in [0.15, 0.2) is 0 Å². The van der Waals surface area contributed by atoms with Crippen LogP contribution in [0.3, 0.4) is 0 Å². The molecule has 0 aromatic heterocycles. The van der Waals surface area contributed by atoms with Crippen LogP contribution in [0.25, 0.3) is 0 Å². The summed E-state index contributed by atoms with van der Waals surface area (Å²) in [5.74, 6) is 0. The molecule has 13 nitrogen and oxygen atoms in total. The van der Waals surface area contributed by atoms with Crippen molar-refractivity contribution in [2.24, 2.45) is 0 Å². The summed E-state index contributed by atoms with van der Waals surface area (Å²) in [7, 11) is 0. The summed E-state index contributed by atoms with van der Waals surface area (Å²) in [5.41, 5.74) is 0. The van der Waals surface area contributed by atoms with Crippen LogP contribution in [0.2, 0.25) is 0 Å². The minimum absolute atomic E-state index is 0.0284. The van der Waals surface area contributed by atoms with Gasteiger partial charge in [0.1, 0.15) is 18.3 Å². The van der Waals surface area contributed by atoms with Gasteiger partial charge in [-0.2, -0.15) is 0 Å². The van der Waals surface area contributed by atoms with Crippen LogP contribution < -0.4 is 0 Å². The molecule has 0 aromatic rings. The fourth-order valence-corrected chi connectivity index (χ4v) is 3.74. The lowest BCUT2D eigenvalue weighted by atomic mass is 9.92. The number of hydrogen-bond acceptors (Lipinski definition) is 10. The lowest BCUT2D eigenvalue weighted by Gasteiger charge is -2.23. The predicted octanol–water partition coefficient (Wildman–Crippen LogP) is 1.82. The molecule has 0 spiro atoms. The quantitative estimate of drug-likeness (QED) is 0.124. The Balaban J connectivity index is 5.01. The number of hydrogen-bond donors (Lipinski definition) is 3. The summed E-state index contributed by atoms with van der Waals surface area (Å²) < 4.78 is 0. The van der Waals surface area contributed by atoms with Gasteiger partial charge in [-0.3, -0.25) is 35.1 Å². The van der Waals surface area contributed by atoms with Gasteiger partial charge >= 0.3 is 0 Å². The number of nitrogens with zero attached hydrogens (tertiary/aromatic N) is 3. The van der Waals surface area contributed by atoms with Crippen molar-refractivity contribution in [3.05, 3.63) is 30.3 Å². The lowest BCUT2D eigenvalue weighted by Crippen LogP contribution is -2.45. The second kappa shape index (κ2) is 17.3. The zero-order valence-corrected chi connectivity index (χ0v) is 19.0. The van der Waals surface area contributed by atoms with Crippen LogP contribution in [0, 0.1) is 30.3 Å². The van der Waals surface area contributed by atoms with Gasteiger partial charge in [0, 0.05) is 40.5 Å². The largest absolute Gasteiger partial charge is 0.386 e. The summed E-state index contributed by atoms with van der Waals surface area (Å²) in [4.78, 5) is 41.8. The molecule has 3 N–H and O–H groups in total. The number of nitro groups is 3. The van der Waals surface area contributed by atoms with E-state index in [9.17, 15) is 50.5 Å². The van der Waals surface area contributed by atoms with Crippen molar-refractivity contribution in [1.29, 1.82) is 0 Å². The molecule has 0 amide bonds. The molecule has 191 valence electrons. The maximum atomic E-state index is 11.4. The number of aliphatic hydroxyl groups is 3. The highest BCUT2D eigenvalue weighted by Gasteiger charge is 2.41. The Bertz CT molecular complexity index is 607. The highest BCUT2D eigenvalue weighted by atomic mass is 16.6. The Labute approximate surface area is 192 Å². The van der Waals surface area contributed by atoms with Crippen molar-refractivity contribution < 1.29 is 34.9 Å². The van der Waals surface area contributed by atoms with Crippen molar-refractivity contribution in [3.63, 3.8) is 0 Å². The summed E-state index contributed by atoms with van der Waals surface area (Å²) in [6.45, 7) is 2.06. The van der Waals surface area contributed by atoms with Gasteiger partial charge in [-0.15, -0.1) is 0 Å². The standard InChI is InChI=1S/C20H36N3O10/c1-2-3-4-5-6-7-10-15(21(28)29)18(25)13-17(23(32)33)20(27)14-19(26)16(22(30)31)11-8-9-12-24/h15-20,25-27H,2-11,13-14H2,1H3. The Kier molecular flexibility index (Phi) is 16.1. The molecule has 0 saturated carbocycles. The molecule has 0 heterocycles. The third-order valence-electron chi connectivity index (χ3n) is 5.74. The molecule has 1 radical (unpaired) electrons. The second-order valence-corrected chi connectivity index (χ2v) is 8.32. The van der Waals surface area contributed by atoms with E-state index in [0.717, 1.165) is 32.1 Å². The Morgan fingerprint density at radius 2 is 1.09 bits per heavy atom. The zero-order valence-electron chi connectivity index (χ0n) is 19.0. The highest BCUT2D eigenvalue weighted by Crippen LogP contribution is 2.21. The minimum atomic E-state index is -1.87. The number of unbranched alkanes of at least 4 members (excludes halogenated alkanes) is 6. The summed E-state index contributed by atoms with van der Waals surface area (Å²) in [6.07, 6.45) is -0.167. The lowest BCUT2D eigenvalue weighted by molar-refractivity contribution is -0.556. The molecule has 0 aliphatic carbocycles. The van der Waals surface area contributed by atoms with Crippen LogP contribution in [-0.2, 0) is 4.79 Å². The van der Waals surface area contributed by atoms with Gasteiger partial charge < -0.3 is 15.3 Å². The summed E-state index contributed by atoms with van der Waals surface area (Å²) in [6, 6.07) is -4.84. The molecule has 0 saturated heterocycles. The molecule has 0 fully saturated rings. The van der Waals surface area contributed by atoms with E-state index in [0.29, 0.717) is 6.42 Å². The Hall–Kier alpha value is -2.25. The van der Waals surface area contributed by atoms with Gasteiger partial charge in [0.25, 0.3) is 0 Å². The van der Waals surface area contributed by atoms with Crippen molar-refractivity contribution in [1.82, 2.24) is 0 Å². The van der Waals surface area contributed by atoms with Crippen molar-refractivity contribution in [2.75, 3.05) is 0 Å². The fraction of sp³-hybridized carbons (Fsp3) is 0.950. The first-order chi connectivity index (χ1) is 15.6. The molecule has 0 bridgehead atoms. The fourth-order valence-electron chi connectivity index (χ4n) is 3.74. The summed E-state index contributed by atoms with van der Waals surface area (Å²) >= 11 is 0. The van der Waals surface area contributed by atoms with Crippen molar-refractivity contribution in [3.8, 4) is 0 Å². The molecular formula is C20H36N3O10. The maximum absolute atomic E-state index is 11.4. The third kappa shape index (κ3) is 12.5. The third-order valence-corrected chi connectivity index (χ3v) is 5.74. The predicted molar refractivity (Wildman–Crippen MR) is 117 cm³/mol. The van der Waals surface area contributed by atoms with Crippen LogP contribution in [-0.4, -0.2) is 72.8 Å². The molecule has 0 aromatic carbocycles. The SMILES string of the molecule is CCCCCCCCC(C(O)CC(C(O)CC(O)C(CCC[C]=O)[N+](=O)[O-])[N+](=O)[O-])[N+](=O)[O-]. The molecule has 0 rings (SSSR count). The van der Waals surface area contributed by atoms with E-state index in [-0.39, 0.29) is 25.7 Å². The molecule has 0 aliphatic heterocycles. The normalized spacial score (nSPS) is 16.8. The summed E-state index contributed by atoms with van der Waals surface area (Å²) in [5, 5.41) is 64.6. The average Bonchev–Trinajstić information content (AvgIpc) is 2.73. The van der Waals surface area contributed by atoms with E-state index in [2.05, 4.69) is 6.92 Å². The smallest absolute Gasteiger partial charge is 0.241 e. The molecule has 33 heavy (non-hydrogen) atoms. The van der Waals surface area contributed by atoms with Gasteiger partial charge in [0.2, 0.25) is 18.1 Å². The van der Waals surface area contributed by atoms with Gasteiger partial charge in [-0.25, -0.2) is 0 Å². The maximum Gasteiger partial charge on any atom is 0.241 e. The number of aliphatic hydroxyl groups excluding tert-OH is 3. The molecule has 6 unspecified atom stereocenters. The van der Waals surface area contributed by atoms with E-state index < -0.39 is 64.0 Å². The first kappa shape index (κ1) is 30.8. The Morgan fingerprint density at radius 3 is 1.58 bits per heavy atom. The van der Waals surface area contributed by atoms with Crippen molar-refractivity contribution in [2.45, 2.75) is 120 Å². The highest BCUT2D eigenvalue weighted by molar-refractivity contribution is 5.50. The first-order valence-electron chi connectivity index (χ1n) is 11.4. The van der Waals surface area contributed by atoms with Crippen LogP contribution in [0.1, 0.15) is 84.0 Å². The van der Waals surface area contributed by atoms with Gasteiger partial charge in [-0.05, 0) is 12.8 Å². The van der Waals surface area contributed by atoms with Crippen LogP contribution >= 0.6 is 0 Å². The average molecular weight is 479 g/mol. The minimum Gasteiger partial charge on any atom is -0.386 e. The van der Waals surface area contributed by atoms with Gasteiger partial charge in [0.05, 0.1) is 6.42 Å². The van der Waals surface area contributed by atoms with Gasteiger partial charge in [-0.1, -0.05) is 39.0 Å². The van der Waals surface area contributed by atoms with Crippen molar-refractivity contribution >= 4 is 6.29 Å². The first-order valence-corrected chi connectivity index (χ1v) is 11.4. The molecular weight excluding hydrogens is 442 g/mol. The molecule has 13 heteroatoms. The van der Waals surface area contributed by atoms with E-state index in [1.54, 1.807) is 6.29 Å².